The molecule has 4 rings (SSSR count). The first-order valence-electron chi connectivity index (χ1n) is 9.18. The molecule has 0 unspecified atom stereocenters. The van der Waals surface area contributed by atoms with Crippen LogP contribution >= 0.6 is 39.5 Å². The molecule has 5 nitrogen and oxygen atoms in total. The van der Waals surface area contributed by atoms with Crippen LogP contribution < -0.4 is 15.5 Å². The van der Waals surface area contributed by atoms with Gasteiger partial charge in [-0.05, 0) is 68.5 Å². The Bertz CT molecular complexity index is 1290. The lowest BCUT2D eigenvalue weighted by molar-refractivity contribution is -0.112. The molecule has 8 heteroatoms. The van der Waals surface area contributed by atoms with Gasteiger partial charge in [-0.25, -0.2) is 4.99 Å². The summed E-state index contributed by atoms with van der Waals surface area (Å²) in [5, 5.41) is 12.3. The molecule has 0 fully saturated rings. The molecular weight excluding hydrogens is 470 g/mol. The normalized spacial score (nSPS) is 12.8. The highest BCUT2D eigenvalue weighted by Gasteiger charge is 2.25. The van der Waals surface area contributed by atoms with Crippen LogP contribution in [0, 0.1) is 3.95 Å². The first-order chi connectivity index (χ1) is 13.9. The summed E-state index contributed by atoms with van der Waals surface area (Å²) in [6, 6.07) is 13.3. The Hall–Kier alpha value is -2.29. The van der Waals surface area contributed by atoms with Crippen molar-refractivity contribution in [2.24, 2.45) is 4.99 Å². The number of rotatable bonds is 5. The molecule has 1 aliphatic heterocycles. The van der Waals surface area contributed by atoms with Gasteiger partial charge < -0.3 is 10.0 Å². The number of halogens is 1. The van der Waals surface area contributed by atoms with Crippen LogP contribution in [0.25, 0.3) is 11.3 Å². The van der Waals surface area contributed by atoms with Crippen LogP contribution in [0.5, 0.6) is 5.88 Å². The first-order valence-corrected chi connectivity index (χ1v) is 11.2. The zero-order chi connectivity index (χ0) is 20.7. The van der Waals surface area contributed by atoms with E-state index in [1.807, 2.05) is 36.4 Å². The summed E-state index contributed by atoms with van der Waals surface area (Å²) in [4.78, 5) is 19.3. The summed E-state index contributed by atoms with van der Waals surface area (Å²) >= 11 is 10.2. The Balaban J connectivity index is 1.85. The molecule has 2 aromatic carbocycles. The minimum absolute atomic E-state index is 0.0398. The van der Waals surface area contributed by atoms with Crippen molar-refractivity contribution in [3.05, 3.63) is 66.3 Å². The van der Waals surface area contributed by atoms with Gasteiger partial charge in [0, 0.05) is 28.5 Å². The molecule has 0 bridgehead atoms. The van der Waals surface area contributed by atoms with Crippen LogP contribution in [-0.2, 0) is 4.79 Å². The van der Waals surface area contributed by atoms with Gasteiger partial charge in [-0.15, -0.1) is 11.3 Å². The standard InChI is InChI=1S/C21H18BrN3O2S2/c1-3-24(4-2)13-6-8-14(9-7-13)25-20(27)18(29-21(25)28)17-15-11-12(22)5-10-16(15)23-19(17)26/h5-11,27H,3-4H2,1-2H3. The van der Waals surface area contributed by atoms with E-state index in [-0.39, 0.29) is 11.8 Å². The van der Waals surface area contributed by atoms with Gasteiger partial charge in [-0.3, -0.25) is 9.36 Å². The number of hydrogen-bond donors (Lipinski definition) is 1. The quantitative estimate of drug-likeness (QED) is 0.553. The van der Waals surface area contributed by atoms with Crippen LogP contribution in [0.4, 0.5) is 5.69 Å². The number of aromatic hydroxyl groups is 1. The molecule has 0 saturated heterocycles. The van der Waals surface area contributed by atoms with Gasteiger partial charge in [-0.2, -0.15) is 0 Å². The van der Waals surface area contributed by atoms with Crippen molar-refractivity contribution in [3.8, 4) is 11.6 Å². The van der Waals surface area contributed by atoms with E-state index in [4.69, 9.17) is 12.2 Å². The van der Waals surface area contributed by atoms with Gasteiger partial charge in [0.2, 0.25) is 5.88 Å². The molecular formula is C21H18BrN3O2S2. The molecule has 29 heavy (non-hydrogen) atoms. The van der Waals surface area contributed by atoms with E-state index in [9.17, 15) is 9.90 Å². The number of carbonyl (C=O) groups is 1. The maximum absolute atomic E-state index is 12.6. The Morgan fingerprint density at radius 2 is 1.86 bits per heavy atom. The predicted molar refractivity (Wildman–Crippen MR) is 122 cm³/mol. The lowest BCUT2D eigenvalue weighted by atomic mass is 10.1. The second-order valence-corrected chi connectivity index (χ2v) is 9.06. The number of benzene rings is 2. The lowest BCUT2D eigenvalue weighted by Gasteiger charge is -2.21. The smallest absolute Gasteiger partial charge is 0.279 e. The lowest BCUT2D eigenvalue weighted by Crippen LogP contribution is -2.22. The molecule has 0 aliphatic carbocycles. The fourth-order valence-corrected chi connectivity index (χ4v) is 5.21. The topological polar surface area (TPSA) is 57.8 Å². The highest BCUT2D eigenvalue weighted by atomic mass is 79.9. The molecule has 0 spiro atoms. The van der Waals surface area contributed by atoms with Crippen LogP contribution in [0.15, 0.2) is 51.9 Å². The summed E-state index contributed by atoms with van der Waals surface area (Å²) in [5.74, 6) is -0.407. The summed E-state index contributed by atoms with van der Waals surface area (Å²) < 4.78 is 2.91. The van der Waals surface area contributed by atoms with Gasteiger partial charge in [0.05, 0.1) is 16.6 Å². The Morgan fingerprint density at radius 1 is 1.17 bits per heavy atom. The maximum Gasteiger partial charge on any atom is 0.279 e. The molecule has 148 valence electrons. The molecule has 3 aromatic rings. The van der Waals surface area contributed by atoms with E-state index in [1.165, 1.54) is 11.3 Å². The molecule has 2 heterocycles. The highest BCUT2D eigenvalue weighted by molar-refractivity contribution is 9.10. The van der Waals surface area contributed by atoms with Crippen molar-refractivity contribution < 1.29 is 9.90 Å². The van der Waals surface area contributed by atoms with E-state index >= 15 is 0 Å². The average Bonchev–Trinajstić information content (AvgIpc) is 3.18. The number of nitrogens with zero attached hydrogens (tertiary/aromatic N) is 3. The van der Waals surface area contributed by atoms with Gasteiger partial charge in [0.1, 0.15) is 4.88 Å². The summed E-state index contributed by atoms with van der Waals surface area (Å²) in [6.45, 7) is 6.06. The van der Waals surface area contributed by atoms with E-state index in [2.05, 4.69) is 39.7 Å². The fraction of sp³-hybridized carbons (Fsp3) is 0.190. The van der Waals surface area contributed by atoms with Crippen molar-refractivity contribution in [2.75, 3.05) is 18.0 Å². The third-order valence-corrected chi connectivity index (χ3v) is 6.79. The summed E-state index contributed by atoms with van der Waals surface area (Å²) in [7, 11) is 0. The number of carbonyl (C=O) groups excluding carboxylic acids is 1. The zero-order valence-electron chi connectivity index (χ0n) is 15.8. The van der Waals surface area contributed by atoms with E-state index in [0.717, 1.165) is 28.9 Å². The van der Waals surface area contributed by atoms with Crippen molar-refractivity contribution in [3.63, 3.8) is 0 Å². The van der Waals surface area contributed by atoms with Gasteiger partial charge in [-0.1, -0.05) is 15.9 Å². The van der Waals surface area contributed by atoms with Crippen molar-refractivity contribution in [2.45, 2.75) is 13.8 Å². The van der Waals surface area contributed by atoms with Gasteiger partial charge in [0.15, 0.2) is 3.95 Å². The average molecular weight is 488 g/mol. The largest absolute Gasteiger partial charge is 0.493 e. The second kappa shape index (κ2) is 7.85. The predicted octanol–water partition coefficient (Wildman–Crippen LogP) is 3.94. The molecule has 0 radical (unpaired) electrons. The minimum atomic E-state index is -0.367. The van der Waals surface area contributed by atoms with Crippen molar-refractivity contribution >= 4 is 56.7 Å². The summed E-state index contributed by atoms with van der Waals surface area (Å²) in [6.07, 6.45) is 0. The first kappa shape index (κ1) is 20.0. The van der Waals surface area contributed by atoms with Crippen molar-refractivity contribution in [1.29, 1.82) is 0 Å². The highest BCUT2D eigenvalue weighted by Crippen LogP contribution is 2.35. The molecule has 0 saturated carbocycles. The monoisotopic (exact) mass is 487 g/mol. The Morgan fingerprint density at radius 3 is 2.52 bits per heavy atom. The Kier molecular flexibility index (Phi) is 5.42. The second-order valence-electron chi connectivity index (χ2n) is 6.50. The van der Waals surface area contributed by atoms with Crippen LogP contribution in [-0.4, -0.2) is 28.7 Å². The van der Waals surface area contributed by atoms with E-state index in [1.54, 1.807) is 10.6 Å². The SMILES string of the molecule is CCN(CC)c1ccc(-n2c(O)c(C3=c4cc(Br)ccc4=NC3=O)sc2=S)cc1. The van der Waals surface area contributed by atoms with Crippen molar-refractivity contribution in [1.82, 2.24) is 4.57 Å². The molecule has 1 N–H and O–H groups in total. The number of hydrogen-bond acceptors (Lipinski definition) is 5. The zero-order valence-corrected chi connectivity index (χ0v) is 19.1. The number of amides is 1. The maximum atomic E-state index is 12.6. The molecule has 1 aromatic heterocycles. The summed E-state index contributed by atoms with van der Waals surface area (Å²) in [5.41, 5.74) is 2.25. The molecule has 0 atom stereocenters. The van der Waals surface area contributed by atoms with Crippen LogP contribution in [0.1, 0.15) is 18.7 Å². The number of thiazole rings is 1. The minimum Gasteiger partial charge on any atom is -0.493 e. The molecule has 1 aliphatic rings. The Labute approximate surface area is 185 Å². The number of anilines is 1. The van der Waals surface area contributed by atoms with Gasteiger partial charge >= 0.3 is 0 Å². The van der Waals surface area contributed by atoms with E-state index in [0.29, 0.717) is 25.0 Å². The number of fused-ring (bicyclic) bond motifs is 1. The van der Waals surface area contributed by atoms with Crippen LogP contribution in [0.2, 0.25) is 0 Å². The van der Waals surface area contributed by atoms with Crippen LogP contribution in [0.3, 0.4) is 0 Å². The van der Waals surface area contributed by atoms with E-state index < -0.39 is 0 Å². The third-order valence-electron chi connectivity index (χ3n) is 4.91. The molecule has 1 amide bonds. The number of aromatic nitrogens is 1. The van der Waals surface area contributed by atoms with Gasteiger partial charge in [0.25, 0.3) is 5.91 Å². The third kappa shape index (κ3) is 3.45. The fourth-order valence-electron chi connectivity index (χ4n) is 3.46.